The molecule has 0 aromatic heterocycles. The molecule has 4 saturated carbocycles. The summed E-state index contributed by atoms with van der Waals surface area (Å²) in [4.78, 5) is 0. The summed E-state index contributed by atoms with van der Waals surface area (Å²) in [7, 11) is 0. The molecule has 4 aliphatic rings. The minimum Gasteiger partial charge on any atom is -0.0651 e. The third-order valence-electron chi connectivity index (χ3n) is 5.66. The molecule has 16 heavy (non-hydrogen) atoms. The lowest BCUT2D eigenvalue weighted by Crippen LogP contribution is -2.33. The second kappa shape index (κ2) is 5.10. The molecular formula is C16H30. The van der Waals surface area contributed by atoms with Crippen LogP contribution in [0.2, 0.25) is 0 Å². The van der Waals surface area contributed by atoms with Gasteiger partial charge in [-0.2, -0.15) is 0 Å². The number of hydrogen-bond donors (Lipinski definition) is 0. The van der Waals surface area contributed by atoms with E-state index in [4.69, 9.17) is 0 Å². The third-order valence-corrected chi connectivity index (χ3v) is 5.66. The zero-order chi connectivity index (χ0) is 11.6. The van der Waals surface area contributed by atoms with Gasteiger partial charge in [0.05, 0.1) is 0 Å². The van der Waals surface area contributed by atoms with Gasteiger partial charge in [0.2, 0.25) is 0 Å². The SMILES string of the molecule is CCC1(C)CCC1.CCC1CC2CC(C1)C2. The molecular weight excluding hydrogens is 192 g/mol. The third kappa shape index (κ3) is 2.81. The fourth-order valence-corrected chi connectivity index (χ4v) is 3.76. The van der Waals surface area contributed by atoms with Crippen LogP contribution >= 0.6 is 0 Å². The second-order valence-corrected chi connectivity index (χ2v) is 6.97. The lowest BCUT2D eigenvalue weighted by atomic mass is 9.61. The predicted molar refractivity (Wildman–Crippen MR) is 71.5 cm³/mol. The Bertz CT molecular complexity index is 193. The first-order chi connectivity index (χ1) is 7.65. The lowest BCUT2D eigenvalue weighted by Gasteiger charge is -2.45. The summed E-state index contributed by atoms with van der Waals surface area (Å²) in [6, 6.07) is 0. The van der Waals surface area contributed by atoms with E-state index in [-0.39, 0.29) is 0 Å². The van der Waals surface area contributed by atoms with Gasteiger partial charge in [-0.1, -0.05) is 40.0 Å². The van der Waals surface area contributed by atoms with Crippen molar-refractivity contribution in [2.45, 2.75) is 78.6 Å². The van der Waals surface area contributed by atoms with Crippen LogP contribution < -0.4 is 0 Å². The Hall–Kier alpha value is 0. The zero-order valence-corrected chi connectivity index (χ0v) is 11.6. The Balaban J connectivity index is 0.000000125. The number of rotatable bonds is 2. The van der Waals surface area contributed by atoms with Crippen LogP contribution in [0.25, 0.3) is 0 Å². The molecule has 0 saturated heterocycles. The van der Waals surface area contributed by atoms with Crippen molar-refractivity contribution in [3.8, 4) is 0 Å². The maximum Gasteiger partial charge on any atom is -0.0328 e. The Morgan fingerprint density at radius 1 is 0.938 bits per heavy atom. The number of fused-ring (bicyclic) bond motifs is 2. The van der Waals surface area contributed by atoms with Crippen molar-refractivity contribution >= 4 is 0 Å². The smallest absolute Gasteiger partial charge is 0.0328 e. The minimum atomic E-state index is 0.764. The molecule has 0 spiro atoms. The summed E-state index contributed by atoms with van der Waals surface area (Å²) in [5.74, 6) is 3.44. The quantitative estimate of drug-likeness (QED) is 0.585. The molecule has 0 unspecified atom stereocenters. The van der Waals surface area contributed by atoms with Crippen molar-refractivity contribution in [2.75, 3.05) is 0 Å². The van der Waals surface area contributed by atoms with E-state index in [9.17, 15) is 0 Å². The van der Waals surface area contributed by atoms with E-state index < -0.39 is 0 Å². The summed E-state index contributed by atoms with van der Waals surface area (Å²) < 4.78 is 0. The van der Waals surface area contributed by atoms with Gasteiger partial charge in [-0.15, -0.1) is 0 Å². The fourth-order valence-electron chi connectivity index (χ4n) is 3.76. The van der Waals surface area contributed by atoms with E-state index in [0.29, 0.717) is 0 Å². The van der Waals surface area contributed by atoms with Crippen LogP contribution in [0.5, 0.6) is 0 Å². The van der Waals surface area contributed by atoms with E-state index in [0.717, 1.165) is 23.2 Å². The summed E-state index contributed by atoms with van der Waals surface area (Å²) >= 11 is 0. The van der Waals surface area contributed by atoms with Crippen LogP contribution in [0.15, 0.2) is 0 Å². The van der Waals surface area contributed by atoms with Crippen molar-refractivity contribution in [1.82, 2.24) is 0 Å². The van der Waals surface area contributed by atoms with Gasteiger partial charge in [0.25, 0.3) is 0 Å². The average molecular weight is 222 g/mol. The fraction of sp³-hybridized carbons (Fsp3) is 1.00. The molecule has 94 valence electrons. The molecule has 0 heterocycles. The topological polar surface area (TPSA) is 0 Å². The Labute approximate surface area is 102 Å². The van der Waals surface area contributed by atoms with Gasteiger partial charge in [0.15, 0.2) is 0 Å². The van der Waals surface area contributed by atoms with Gasteiger partial charge in [-0.05, 0) is 61.7 Å². The number of hydrogen-bond acceptors (Lipinski definition) is 0. The highest BCUT2D eigenvalue weighted by atomic mass is 14.4. The van der Waals surface area contributed by atoms with Crippen LogP contribution in [0, 0.1) is 23.2 Å². The van der Waals surface area contributed by atoms with Crippen molar-refractivity contribution in [3.63, 3.8) is 0 Å². The van der Waals surface area contributed by atoms with Crippen LogP contribution in [0.1, 0.15) is 78.6 Å². The van der Waals surface area contributed by atoms with Gasteiger partial charge in [-0.25, -0.2) is 0 Å². The molecule has 0 amide bonds. The van der Waals surface area contributed by atoms with Crippen molar-refractivity contribution in [2.24, 2.45) is 23.2 Å². The Kier molecular flexibility index (Phi) is 3.97. The minimum absolute atomic E-state index is 0.764. The van der Waals surface area contributed by atoms with Crippen LogP contribution in [0.3, 0.4) is 0 Å². The molecule has 0 atom stereocenters. The average Bonchev–Trinajstić information content (AvgIpc) is 2.26. The standard InChI is InChI=1S/C9H16.C7H14/c1-2-7-3-8-5-9(4-7)6-8;1-3-7(2)5-4-6-7/h7-9H,2-6H2,1H3;3-6H2,1-2H3. The largest absolute Gasteiger partial charge is 0.0651 e. The maximum atomic E-state index is 2.39. The Morgan fingerprint density at radius 3 is 1.69 bits per heavy atom. The normalized spacial score (nSPS) is 38.8. The van der Waals surface area contributed by atoms with E-state index in [1.54, 1.807) is 25.7 Å². The first-order valence-electron chi connectivity index (χ1n) is 7.65. The molecule has 0 radical (unpaired) electrons. The summed E-state index contributed by atoms with van der Waals surface area (Å²) in [6.45, 7) is 7.02. The predicted octanol–water partition coefficient (Wildman–Crippen LogP) is 5.42. The molecule has 0 nitrogen and oxygen atoms in total. The lowest BCUT2D eigenvalue weighted by molar-refractivity contribution is 0.0657. The zero-order valence-electron chi connectivity index (χ0n) is 11.6. The summed E-state index contributed by atoms with van der Waals surface area (Å²) in [5.41, 5.74) is 0.764. The Morgan fingerprint density at radius 2 is 1.50 bits per heavy atom. The van der Waals surface area contributed by atoms with E-state index >= 15 is 0 Å². The molecule has 4 rings (SSSR count). The monoisotopic (exact) mass is 222 g/mol. The highest BCUT2D eigenvalue weighted by Crippen LogP contribution is 2.48. The molecule has 0 N–H and O–H groups in total. The molecule has 0 aromatic carbocycles. The van der Waals surface area contributed by atoms with Gasteiger partial charge in [0.1, 0.15) is 0 Å². The van der Waals surface area contributed by atoms with Gasteiger partial charge < -0.3 is 0 Å². The van der Waals surface area contributed by atoms with E-state index in [1.807, 2.05) is 0 Å². The highest BCUT2D eigenvalue weighted by molar-refractivity contribution is 4.88. The molecule has 4 fully saturated rings. The van der Waals surface area contributed by atoms with Gasteiger partial charge >= 0.3 is 0 Å². The summed E-state index contributed by atoms with van der Waals surface area (Å²) in [5, 5.41) is 0. The molecule has 0 heteroatoms. The molecule has 0 aromatic rings. The highest BCUT2D eigenvalue weighted by Gasteiger charge is 2.36. The molecule has 2 bridgehead atoms. The van der Waals surface area contributed by atoms with Crippen molar-refractivity contribution in [3.05, 3.63) is 0 Å². The van der Waals surface area contributed by atoms with Crippen molar-refractivity contribution < 1.29 is 0 Å². The van der Waals surface area contributed by atoms with Crippen LogP contribution in [-0.4, -0.2) is 0 Å². The van der Waals surface area contributed by atoms with Crippen LogP contribution in [-0.2, 0) is 0 Å². The van der Waals surface area contributed by atoms with Crippen LogP contribution in [0.4, 0.5) is 0 Å². The van der Waals surface area contributed by atoms with E-state index in [2.05, 4.69) is 20.8 Å². The van der Waals surface area contributed by atoms with Gasteiger partial charge in [-0.3, -0.25) is 0 Å². The summed E-state index contributed by atoms with van der Waals surface area (Å²) in [6.07, 6.45) is 13.5. The maximum absolute atomic E-state index is 2.39. The van der Waals surface area contributed by atoms with E-state index in [1.165, 1.54) is 32.1 Å². The first-order valence-corrected chi connectivity index (χ1v) is 7.65. The first kappa shape index (κ1) is 12.5. The van der Waals surface area contributed by atoms with Crippen molar-refractivity contribution in [1.29, 1.82) is 0 Å². The molecule has 4 aliphatic carbocycles. The van der Waals surface area contributed by atoms with Gasteiger partial charge in [0, 0.05) is 0 Å². The molecule has 0 aliphatic heterocycles. The second-order valence-electron chi connectivity index (χ2n) is 6.97.